The zero-order chi connectivity index (χ0) is 18.1. The van der Waals surface area contributed by atoms with Gasteiger partial charge in [-0.25, -0.2) is 9.78 Å². The minimum atomic E-state index is -0.450. The largest absolute Gasteiger partial charge is 0.377 e. The Morgan fingerprint density at radius 3 is 2.80 bits per heavy atom. The molecule has 0 aromatic carbocycles. The van der Waals surface area contributed by atoms with Gasteiger partial charge in [0.05, 0.1) is 12.4 Å². The summed E-state index contributed by atoms with van der Waals surface area (Å²) in [6, 6.07) is 0. The fraction of sp³-hybridized carbons (Fsp3) is 0.625. The van der Waals surface area contributed by atoms with E-state index in [-0.39, 0.29) is 29.7 Å². The number of aromatic nitrogens is 4. The molecule has 9 heteroatoms. The number of carbonyl (C=O) groups excluding carboxylic acids is 1. The number of rotatable bonds is 4. The Morgan fingerprint density at radius 2 is 2.08 bits per heavy atom. The quantitative estimate of drug-likeness (QED) is 0.739. The van der Waals surface area contributed by atoms with Crippen LogP contribution in [0.1, 0.15) is 19.8 Å². The molecule has 1 aliphatic rings. The minimum absolute atomic E-state index is 0.0167. The lowest BCUT2D eigenvalue weighted by atomic mass is 10.1. The second kappa shape index (κ2) is 6.83. The van der Waals surface area contributed by atoms with Crippen molar-refractivity contribution in [2.75, 3.05) is 19.7 Å². The van der Waals surface area contributed by atoms with Crippen molar-refractivity contribution >= 4 is 17.1 Å². The van der Waals surface area contributed by atoms with E-state index in [0.717, 1.165) is 17.4 Å². The average Bonchev–Trinajstić information content (AvgIpc) is 3.02. The van der Waals surface area contributed by atoms with Crippen molar-refractivity contribution in [3.8, 4) is 0 Å². The summed E-state index contributed by atoms with van der Waals surface area (Å²) >= 11 is 0. The van der Waals surface area contributed by atoms with Crippen LogP contribution in [0, 0.1) is 0 Å². The average molecular weight is 349 g/mol. The molecule has 0 aliphatic carbocycles. The SMILES string of the molecule is CCOC1CCCN(C(=O)Cn2cnc3c2c(=O)n(C)c(=O)n3C)C1. The van der Waals surface area contributed by atoms with Crippen molar-refractivity contribution in [1.82, 2.24) is 23.6 Å². The summed E-state index contributed by atoms with van der Waals surface area (Å²) in [6.45, 7) is 3.84. The second-order valence-corrected chi connectivity index (χ2v) is 6.31. The molecule has 3 heterocycles. The molecule has 9 nitrogen and oxygen atoms in total. The van der Waals surface area contributed by atoms with E-state index in [2.05, 4.69) is 4.98 Å². The van der Waals surface area contributed by atoms with E-state index in [4.69, 9.17) is 4.74 Å². The molecule has 25 heavy (non-hydrogen) atoms. The van der Waals surface area contributed by atoms with Gasteiger partial charge in [-0.1, -0.05) is 0 Å². The van der Waals surface area contributed by atoms with Gasteiger partial charge in [0, 0.05) is 33.8 Å². The maximum absolute atomic E-state index is 12.7. The van der Waals surface area contributed by atoms with Crippen LogP contribution in [0.5, 0.6) is 0 Å². The van der Waals surface area contributed by atoms with Crippen molar-refractivity contribution in [3.63, 3.8) is 0 Å². The Kier molecular flexibility index (Phi) is 4.76. The number of amides is 1. The van der Waals surface area contributed by atoms with E-state index in [0.29, 0.717) is 19.7 Å². The third-order valence-corrected chi connectivity index (χ3v) is 4.66. The van der Waals surface area contributed by atoms with Gasteiger partial charge in [-0.3, -0.25) is 18.7 Å². The van der Waals surface area contributed by atoms with Crippen LogP contribution >= 0.6 is 0 Å². The Morgan fingerprint density at radius 1 is 1.32 bits per heavy atom. The molecule has 1 amide bonds. The number of hydrogen-bond donors (Lipinski definition) is 0. The lowest BCUT2D eigenvalue weighted by molar-refractivity contribution is -0.135. The highest BCUT2D eigenvalue weighted by Crippen LogP contribution is 2.14. The van der Waals surface area contributed by atoms with Crippen molar-refractivity contribution in [2.24, 2.45) is 14.1 Å². The minimum Gasteiger partial charge on any atom is -0.377 e. The summed E-state index contributed by atoms with van der Waals surface area (Å²) in [5.41, 5.74) is -0.345. The van der Waals surface area contributed by atoms with Crippen molar-refractivity contribution in [3.05, 3.63) is 27.2 Å². The van der Waals surface area contributed by atoms with Crippen LogP contribution in [0.25, 0.3) is 11.2 Å². The molecular formula is C16H23N5O4. The number of imidazole rings is 1. The predicted octanol–water partition coefficient (Wildman–Crippen LogP) is -0.539. The molecule has 1 saturated heterocycles. The third-order valence-electron chi connectivity index (χ3n) is 4.66. The monoisotopic (exact) mass is 349 g/mol. The lowest BCUT2D eigenvalue weighted by Crippen LogP contribution is -2.44. The van der Waals surface area contributed by atoms with Crippen LogP contribution < -0.4 is 11.2 Å². The first-order valence-electron chi connectivity index (χ1n) is 8.44. The van der Waals surface area contributed by atoms with Crippen LogP contribution in [0.2, 0.25) is 0 Å². The first-order chi connectivity index (χ1) is 11.9. The van der Waals surface area contributed by atoms with Crippen LogP contribution in [0.4, 0.5) is 0 Å². The van der Waals surface area contributed by atoms with Gasteiger partial charge in [-0.05, 0) is 19.8 Å². The first kappa shape index (κ1) is 17.4. The molecule has 0 N–H and O–H groups in total. The van der Waals surface area contributed by atoms with Crippen molar-refractivity contribution < 1.29 is 9.53 Å². The maximum Gasteiger partial charge on any atom is 0.332 e. The number of fused-ring (bicyclic) bond motifs is 1. The molecule has 1 aliphatic heterocycles. The van der Waals surface area contributed by atoms with Gasteiger partial charge in [-0.2, -0.15) is 0 Å². The van der Waals surface area contributed by atoms with E-state index >= 15 is 0 Å². The van der Waals surface area contributed by atoms with Crippen LogP contribution in [0.3, 0.4) is 0 Å². The fourth-order valence-corrected chi connectivity index (χ4v) is 3.30. The summed E-state index contributed by atoms with van der Waals surface area (Å²) in [7, 11) is 2.97. The molecule has 1 unspecified atom stereocenters. The van der Waals surface area contributed by atoms with Crippen LogP contribution in [-0.4, -0.2) is 55.3 Å². The van der Waals surface area contributed by atoms with E-state index in [1.807, 2.05) is 6.92 Å². The highest BCUT2D eigenvalue weighted by atomic mass is 16.5. The standard InChI is InChI=1S/C16H23N5O4/c1-4-25-11-6-5-7-20(8-11)12(22)9-21-10-17-14-13(21)15(23)19(3)16(24)18(14)2/h10-11H,4-9H2,1-3H3. The van der Waals surface area contributed by atoms with E-state index < -0.39 is 11.2 Å². The molecule has 2 aromatic heterocycles. The highest BCUT2D eigenvalue weighted by Gasteiger charge is 2.25. The number of carbonyl (C=O) groups is 1. The smallest absolute Gasteiger partial charge is 0.332 e. The van der Waals surface area contributed by atoms with E-state index in [1.165, 1.54) is 22.5 Å². The van der Waals surface area contributed by atoms with Crippen molar-refractivity contribution in [1.29, 1.82) is 0 Å². The van der Waals surface area contributed by atoms with Gasteiger partial charge in [0.1, 0.15) is 6.54 Å². The number of hydrogen-bond acceptors (Lipinski definition) is 5. The number of piperidine rings is 1. The number of nitrogens with zero attached hydrogens (tertiary/aromatic N) is 5. The van der Waals surface area contributed by atoms with E-state index in [1.54, 1.807) is 11.9 Å². The molecule has 1 fully saturated rings. The summed E-state index contributed by atoms with van der Waals surface area (Å²) in [6.07, 6.45) is 3.36. The molecule has 3 rings (SSSR count). The topological polar surface area (TPSA) is 91.4 Å². The Bertz CT molecular complexity index is 908. The zero-order valence-electron chi connectivity index (χ0n) is 14.8. The Balaban J connectivity index is 1.87. The van der Waals surface area contributed by atoms with Gasteiger partial charge in [0.15, 0.2) is 11.2 Å². The normalized spacial score (nSPS) is 18.0. The molecule has 0 saturated carbocycles. The Labute approximate surface area is 144 Å². The summed E-state index contributed by atoms with van der Waals surface area (Å²) in [5.74, 6) is -0.0837. The van der Waals surface area contributed by atoms with Gasteiger partial charge in [0.25, 0.3) is 5.56 Å². The summed E-state index contributed by atoms with van der Waals surface area (Å²) in [4.78, 5) is 42.9. The third kappa shape index (κ3) is 3.11. The molecule has 0 bridgehead atoms. The van der Waals surface area contributed by atoms with E-state index in [9.17, 15) is 14.4 Å². The number of ether oxygens (including phenoxy) is 1. The van der Waals surface area contributed by atoms with Gasteiger partial charge in [-0.15, -0.1) is 0 Å². The number of likely N-dealkylation sites (tertiary alicyclic amines) is 1. The maximum atomic E-state index is 12.7. The lowest BCUT2D eigenvalue weighted by Gasteiger charge is -2.32. The fourth-order valence-electron chi connectivity index (χ4n) is 3.30. The van der Waals surface area contributed by atoms with Crippen LogP contribution in [-0.2, 0) is 30.2 Å². The van der Waals surface area contributed by atoms with Gasteiger partial charge in [0.2, 0.25) is 5.91 Å². The summed E-state index contributed by atoms with van der Waals surface area (Å²) < 4.78 is 9.48. The predicted molar refractivity (Wildman–Crippen MR) is 91.4 cm³/mol. The zero-order valence-corrected chi connectivity index (χ0v) is 14.8. The molecule has 0 radical (unpaired) electrons. The Hall–Kier alpha value is -2.42. The highest BCUT2D eigenvalue weighted by molar-refractivity contribution is 5.79. The molecule has 2 aromatic rings. The molecule has 136 valence electrons. The first-order valence-corrected chi connectivity index (χ1v) is 8.44. The molecule has 0 spiro atoms. The molecule has 1 atom stereocenters. The van der Waals surface area contributed by atoms with Gasteiger partial charge >= 0.3 is 5.69 Å². The molecular weight excluding hydrogens is 326 g/mol. The number of aryl methyl sites for hydroxylation is 1. The summed E-state index contributed by atoms with van der Waals surface area (Å²) in [5, 5.41) is 0. The second-order valence-electron chi connectivity index (χ2n) is 6.31. The van der Waals surface area contributed by atoms with Gasteiger partial charge < -0.3 is 14.2 Å². The van der Waals surface area contributed by atoms with Crippen LogP contribution in [0.15, 0.2) is 15.9 Å². The van der Waals surface area contributed by atoms with Crippen molar-refractivity contribution in [2.45, 2.75) is 32.4 Å².